The van der Waals surface area contributed by atoms with Crippen molar-refractivity contribution in [3.8, 4) is 0 Å². The van der Waals surface area contributed by atoms with Crippen LogP contribution in [0.15, 0.2) is 0 Å². The molecule has 1 aliphatic rings. The molecule has 1 rings (SSSR count). The Balaban J connectivity index is 3.63. The van der Waals surface area contributed by atoms with Crippen LogP contribution >= 0.6 is 0 Å². The standard InChI is InChI=1S/C14H24N5O13/c1-13(2)11(7-31-18(25)26)9(5-29-16(21)22)10(6-30-17(23)24)12(8-32-19(27)28)14(3,4)15(13)20/h9-12H,5-8H2,1-4H3. The first-order chi connectivity index (χ1) is 14.6. The zero-order chi connectivity index (χ0) is 24.9. The van der Waals surface area contributed by atoms with Crippen molar-refractivity contribution in [2.75, 3.05) is 26.4 Å². The third kappa shape index (κ3) is 6.36. The average molecular weight is 470 g/mol. The van der Waals surface area contributed by atoms with E-state index in [4.69, 9.17) is 0 Å². The molecular formula is C14H24N5O13. The molecule has 1 fully saturated rings. The summed E-state index contributed by atoms with van der Waals surface area (Å²) in [6.45, 7) is 2.69. The third-order valence-corrected chi connectivity index (χ3v) is 5.91. The van der Waals surface area contributed by atoms with Gasteiger partial charge < -0.3 is 19.4 Å². The van der Waals surface area contributed by atoms with Crippen LogP contribution in [-0.2, 0) is 24.6 Å². The number of hydrogen-bond donors (Lipinski definition) is 0. The van der Waals surface area contributed by atoms with E-state index < -0.39 is 81.5 Å². The SMILES string of the molecule is CC1(C)C(CO[N+](=O)[O-])C(CO[N+](=O)[O-])C(CO[N+](=O)[O-])C(CO[N+](=O)[O-])C(C)(C)N1[O]. The monoisotopic (exact) mass is 470 g/mol. The second-order valence-electron chi connectivity index (χ2n) is 8.22. The van der Waals surface area contributed by atoms with Crippen molar-refractivity contribution in [1.29, 1.82) is 0 Å². The molecule has 0 saturated carbocycles. The first-order valence-corrected chi connectivity index (χ1v) is 9.19. The predicted molar refractivity (Wildman–Crippen MR) is 96.4 cm³/mol. The Morgan fingerprint density at radius 2 is 0.875 bits per heavy atom. The molecule has 18 heteroatoms. The summed E-state index contributed by atoms with van der Waals surface area (Å²) < 4.78 is 0. The lowest BCUT2D eigenvalue weighted by atomic mass is 9.69. The van der Waals surface area contributed by atoms with E-state index in [-0.39, 0.29) is 0 Å². The van der Waals surface area contributed by atoms with Crippen LogP contribution in [0.25, 0.3) is 0 Å². The molecule has 1 saturated heterocycles. The van der Waals surface area contributed by atoms with Gasteiger partial charge in [0.25, 0.3) is 20.3 Å². The second-order valence-corrected chi connectivity index (χ2v) is 8.22. The summed E-state index contributed by atoms with van der Waals surface area (Å²) in [6.07, 6.45) is 0. The van der Waals surface area contributed by atoms with E-state index in [1.165, 1.54) is 27.7 Å². The second kappa shape index (κ2) is 10.4. The molecule has 1 radical (unpaired) electrons. The Morgan fingerprint density at radius 3 is 1.12 bits per heavy atom. The lowest BCUT2D eigenvalue weighted by Crippen LogP contribution is -2.59. The van der Waals surface area contributed by atoms with Crippen LogP contribution in [0.3, 0.4) is 0 Å². The first kappa shape index (κ1) is 26.8. The summed E-state index contributed by atoms with van der Waals surface area (Å²) in [4.78, 5) is 61.1. The Morgan fingerprint density at radius 1 is 0.625 bits per heavy atom. The van der Waals surface area contributed by atoms with Crippen molar-refractivity contribution in [1.82, 2.24) is 5.06 Å². The number of rotatable bonds is 12. The highest BCUT2D eigenvalue weighted by atomic mass is 17.0. The Kier molecular flexibility index (Phi) is 8.66. The lowest BCUT2D eigenvalue weighted by molar-refractivity contribution is -0.768. The van der Waals surface area contributed by atoms with Gasteiger partial charge in [0.2, 0.25) is 0 Å². The van der Waals surface area contributed by atoms with E-state index in [1.54, 1.807) is 0 Å². The van der Waals surface area contributed by atoms with E-state index in [2.05, 4.69) is 19.4 Å². The summed E-state index contributed by atoms with van der Waals surface area (Å²) in [7, 11) is 0. The van der Waals surface area contributed by atoms with E-state index in [1.807, 2.05) is 0 Å². The Hall–Kier alpha value is -3.28. The highest BCUT2D eigenvalue weighted by Gasteiger charge is 2.58. The number of hydroxylamine groups is 2. The Bertz CT molecular complexity index is 659. The summed E-state index contributed by atoms with van der Waals surface area (Å²) >= 11 is 0. The van der Waals surface area contributed by atoms with Crippen LogP contribution in [-0.4, -0.2) is 62.9 Å². The van der Waals surface area contributed by atoms with Gasteiger partial charge in [-0.3, -0.25) is 0 Å². The topological polar surface area (TPSA) is 233 Å². The molecule has 0 aromatic heterocycles. The molecule has 0 aromatic rings. The molecule has 18 nitrogen and oxygen atoms in total. The van der Waals surface area contributed by atoms with Gasteiger partial charge in [-0.1, -0.05) is 0 Å². The molecule has 1 aliphatic heterocycles. The van der Waals surface area contributed by atoms with E-state index in [0.717, 1.165) is 0 Å². The maximum Gasteiger partial charge on any atom is 0.294 e. The molecule has 0 aromatic carbocycles. The van der Waals surface area contributed by atoms with Crippen molar-refractivity contribution < 1.29 is 44.9 Å². The summed E-state index contributed by atoms with van der Waals surface area (Å²) in [5.41, 5.74) is -3.00. The van der Waals surface area contributed by atoms with Crippen LogP contribution in [0.5, 0.6) is 0 Å². The lowest BCUT2D eigenvalue weighted by Gasteiger charge is -2.46. The van der Waals surface area contributed by atoms with Crippen molar-refractivity contribution in [3.05, 3.63) is 40.5 Å². The van der Waals surface area contributed by atoms with Crippen molar-refractivity contribution in [2.24, 2.45) is 23.7 Å². The molecule has 0 aliphatic carbocycles. The molecule has 4 unspecified atom stereocenters. The highest BCUT2D eigenvalue weighted by Crippen LogP contribution is 2.48. The Labute approximate surface area is 180 Å². The van der Waals surface area contributed by atoms with Gasteiger partial charge in [-0.2, -0.15) is 0 Å². The summed E-state index contributed by atoms with van der Waals surface area (Å²) in [5.74, 6) is -4.64. The van der Waals surface area contributed by atoms with Gasteiger partial charge >= 0.3 is 0 Å². The molecule has 183 valence electrons. The molecule has 0 N–H and O–H groups in total. The maximum absolute atomic E-state index is 13.4. The molecule has 32 heavy (non-hydrogen) atoms. The van der Waals surface area contributed by atoms with Gasteiger partial charge in [-0.15, -0.1) is 50.7 Å². The van der Waals surface area contributed by atoms with Crippen molar-refractivity contribution in [3.63, 3.8) is 0 Å². The third-order valence-electron chi connectivity index (χ3n) is 5.91. The van der Waals surface area contributed by atoms with E-state index >= 15 is 0 Å². The van der Waals surface area contributed by atoms with E-state index in [9.17, 15) is 45.7 Å². The molecule has 0 spiro atoms. The minimum absolute atomic E-state index is 0.535. The summed E-state index contributed by atoms with van der Waals surface area (Å²) in [5, 5.41) is 52.7. The van der Waals surface area contributed by atoms with Gasteiger partial charge in [0, 0.05) is 22.9 Å². The first-order valence-electron chi connectivity index (χ1n) is 9.19. The fraction of sp³-hybridized carbons (Fsp3) is 1.00. The minimum Gasteiger partial charge on any atom is -0.314 e. The van der Waals surface area contributed by atoms with E-state index in [0.29, 0.717) is 5.06 Å². The zero-order valence-corrected chi connectivity index (χ0v) is 17.7. The molecule has 4 atom stereocenters. The van der Waals surface area contributed by atoms with Crippen LogP contribution in [0, 0.1) is 64.1 Å². The normalized spacial score (nSPS) is 26.9. The van der Waals surface area contributed by atoms with Gasteiger partial charge in [-0.25, -0.2) is 0 Å². The largest absolute Gasteiger partial charge is 0.314 e. The van der Waals surface area contributed by atoms with Crippen molar-refractivity contribution in [2.45, 2.75) is 38.8 Å². The van der Waals surface area contributed by atoms with Crippen LogP contribution in [0.1, 0.15) is 27.7 Å². The average Bonchev–Trinajstić information content (AvgIpc) is 2.68. The number of hydrogen-bond acceptors (Lipinski definition) is 13. The van der Waals surface area contributed by atoms with Gasteiger partial charge in [-0.05, 0) is 39.5 Å². The van der Waals surface area contributed by atoms with Crippen LogP contribution in [0.4, 0.5) is 0 Å². The van der Waals surface area contributed by atoms with Gasteiger partial charge in [0.05, 0.1) is 0 Å². The fourth-order valence-electron chi connectivity index (χ4n) is 4.40. The molecule has 0 amide bonds. The summed E-state index contributed by atoms with van der Waals surface area (Å²) in [6, 6.07) is 0. The minimum atomic E-state index is -1.50. The van der Waals surface area contributed by atoms with Gasteiger partial charge in [0.15, 0.2) is 0 Å². The fourth-order valence-corrected chi connectivity index (χ4v) is 4.40. The molecule has 0 bridgehead atoms. The predicted octanol–water partition coefficient (Wildman–Crippen LogP) is 0.503. The van der Waals surface area contributed by atoms with Crippen LogP contribution in [0.2, 0.25) is 0 Å². The zero-order valence-electron chi connectivity index (χ0n) is 17.7. The van der Waals surface area contributed by atoms with Crippen molar-refractivity contribution >= 4 is 0 Å². The quantitative estimate of drug-likeness (QED) is 0.279. The molecule has 1 heterocycles. The van der Waals surface area contributed by atoms with Crippen LogP contribution < -0.4 is 0 Å². The molecular weight excluding hydrogens is 446 g/mol. The maximum atomic E-state index is 13.4. The van der Waals surface area contributed by atoms with Gasteiger partial charge in [0.1, 0.15) is 26.4 Å². The highest BCUT2D eigenvalue weighted by molar-refractivity contribution is 5.04. The number of nitrogens with zero attached hydrogens (tertiary/aromatic N) is 5. The smallest absolute Gasteiger partial charge is 0.294 e.